The minimum Gasteiger partial charge on any atom is -0.478 e. The molecule has 1 amide bonds. The Morgan fingerprint density at radius 2 is 2.05 bits per heavy atom. The van der Waals surface area contributed by atoms with Crippen LogP contribution in [-0.4, -0.2) is 33.4 Å². The molecule has 2 aromatic rings. The molecule has 5 nitrogen and oxygen atoms in total. The topological polar surface area (TPSA) is 73.4 Å². The summed E-state index contributed by atoms with van der Waals surface area (Å²) < 4.78 is 0. The number of hydrogen-bond donors (Lipinski definition) is 2. The van der Waals surface area contributed by atoms with E-state index in [1.165, 1.54) is 0 Å². The van der Waals surface area contributed by atoms with Crippen LogP contribution >= 0.6 is 11.6 Å². The smallest absolute Gasteiger partial charge is 0.335 e. The predicted octanol–water partition coefficient (Wildman–Crippen LogP) is 2.56. The summed E-state index contributed by atoms with van der Waals surface area (Å²) >= 11 is 5.81. The molecule has 2 N–H and O–H groups in total. The number of hydrogen-bond acceptors (Lipinski definition) is 2. The van der Waals surface area contributed by atoms with Gasteiger partial charge in [0.2, 0.25) is 0 Å². The maximum Gasteiger partial charge on any atom is 0.335 e. The molecule has 21 heavy (non-hydrogen) atoms. The Bertz CT molecular complexity index is 723. The number of halogens is 1. The molecule has 3 rings (SSSR count). The molecule has 0 spiro atoms. The van der Waals surface area contributed by atoms with Crippen LogP contribution in [-0.2, 0) is 13.0 Å². The molecule has 0 bridgehead atoms. The van der Waals surface area contributed by atoms with E-state index in [4.69, 9.17) is 16.7 Å². The molecule has 0 atom stereocenters. The highest BCUT2D eigenvalue weighted by molar-refractivity contribution is 6.30. The Balaban J connectivity index is 1.84. The third-order valence-corrected chi connectivity index (χ3v) is 3.85. The normalized spacial score (nSPS) is 13.9. The number of carbonyl (C=O) groups is 2. The number of nitrogens with zero attached hydrogens (tertiary/aromatic N) is 1. The summed E-state index contributed by atoms with van der Waals surface area (Å²) in [4.78, 5) is 27.9. The van der Waals surface area contributed by atoms with Crippen molar-refractivity contribution in [2.75, 3.05) is 6.54 Å². The van der Waals surface area contributed by atoms with Gasteiger partial charge < -0.3 is 15.0 Å². The molecule has 1 aliphatic heterocycles. The average molecular weight is 305 g/mol. The molecular formula is C15H13ClN2O3. The van der Waals surface area contributed by atoms with Gasteiger partial charge in [-0.25, -0.2) is 4.79 Å². The molecule has 108 valence electrons. The van der Waals surface area contributed by atoms with Crippen LogP contribution in [0.5, 0.6) is 0 Å². The molecule has 0 saturated heterocycles. The monoisotopic (exact) mass is 304 g/mol. The molecule has 1 aliphatic rings. The van der Waals surface area contributed by atoms with Crippen molar-refractivity contribution in [3.8, 4) is 0 Å². The van der Waals surface area contributed by atoms with E-state index in [0.29, 0.717) is 23.8 Å². The second kappa shape index (κ2) is 5.26. The van der Waals surface area contributed by atoms with Crippen LogP contribution in [0.4, 0.5) is 0 Å². The molecule has 0 saturated carbocycles. The zero-order valence-corrected chi connectivity index (χ0v) is 11.9. The lowest BCUT2D eigenvalue weighted by Gasteiger charge is -2.28. The van der Waals surface area contributed by atoms with Crippen molar-refractivity contribution in [2.45, 2.75) is 13.0 Å². The number of aromatic nitrogens is 1. The number of carboxylic acids is 1. The summed E-state index contributed by atoms with van der Waals surface area (Å²) in [7, 11) is 0. The number of fused-ring (bicyclic) bond motifs is 1. The van der Waals surface area contributed by atoms with Gasteiger partial charge in [0.25, 0.3) is 5.91 Å². The van der Waals surface area contributed by atoms with E-state index in [9.17, 15) is 9.59 Å². The van der Waals surface area contributed by atoms with Gasteiger partial charge >= 0.3 is 5.97 Å². The molecule has 0 aliphatic carbocycles. The van der Waals surface area contributed by atoms with E-state index in [-0.39, 0.29) is 11.5 Å². The molecule has 6 heteroatoms. The van der Waals surface area contributed by atoms with Crippen LogP contribution in [0.1, 0.15) is 32.0 Å². The summed E-state index contributed by atoms with van der Waals surface area (Å²) in [6, 6.07) is 6.65. The van der Waals surface area contributed by atoms with Gasteiger partial charge in [0.1, 0.15) is 5.69 Å². The number of H-pyrrole nitrogens is 1. The lowest BCUT2D eigenvalue weighted by Crippen LogP contribution is -2.36. The molecule has 1 aromatic heterocycles. The van der Waals surface area contributed by atoms with Crippen LogP contribution in [0.2, 0.25) is 5.02 Å². The van der Waals surface area contributed by atoms with Gasteiger partial charge in [0.15, 0.2) is 0 Å². The summed E-state index contributed by atoms with van der Waals surface area (Å²) in [6.45, 7) is 1.01. The van der Waals surface area contributed by atoms with Gasteiger partial charge in [-0.3, -0.25) is 4.79 Å². The number of rotatable bonds is 2. The van der Waals surface area contributed by atoms with Crippen molar-refractivity contribution >= 4 is 23.5 Å². The number of benzene rings is 1. The number of nitrogens with one attached hydrogen (secondary N) is 1. The summed E-state index contributed by atoms with van der Waals surface area (Å²) in [6.07, 6.45) is 2.28. The lowest BCUT2D eigenvalue weighted by molar-refractivity contribution is 0.0696. The quantitative estimate of drug-likeness (QED) is 0.895. The predicted molar refractivity (Wildman–Crippen MR) is 77.6 cm³/mol. The number of aromatic amines is 1. The molecule has 0 radical (unpaired) electrons. The Morgan fingerprint density at radius 3 is 2.71 bits per heavy atom. The Morgan fingerprint density at radius 1 is 1.24 bits per heavy atom. The first kappa shape index (κ1) is 13.7. The van der Waals surface area contributed by atoms with E-state index in [0.717, 1.165) is 17.5 Å². The fourth-order valence-electron chi connectivity index (χ4n) is 2.53. The third-order valence-electron chi connectivity index (χ3n) is 3.63. The largest absolute Gasteiger partial charge is 0.478 e. The Kier molecular flexibility index (Phi) is 3.43. The SMILES string of the molecule is O=C(O)c1ccc2c(c1)CN(C(=O)c1cc(Cl)c[nH]1)CC2. The van der Waals surface area contributed by atoms with Crippen molar-refractivity contribution in [3.05, 3.63) is 57.9 Å². The number of carbonyl (C=O) groups excluding carboxylic acids is 1. The van der Waals surface area contributed by atoms with Crippen molar-refractivity contribution < 1.29 is 14.7 Å². The van der Waals surface area contributed by atoms with Gasteiger partial charge in [-0.15, -0.1) is 0 Å². The van der Waals surface area contributed by atoms with E-state index in [2.05, 4.69) is 4.98 Å². The second-order valence-electron chi connectivity index (χ2n) is 5.00. The average Bonchev–Trinajstić information content (AvgIpc) is 2.91. The minimum absolute atomic E-state index is 0.131. The maximum atomic E-state index is 12.4. The minimum atomic E-state index is -0.961. The standard InChI is InChI=1S/C15H13ClN2O3/c16-12-6-13(17-7-12)14(19)18-4-3-9-1-2-10(15(20)21)5-11(9)8-18/h1-2,5-7,17H,3-4,8H2,(H,20,21). The van der Waals surface area contributed by atoms with Crippen molar-refractivity contribution in [1.29, 1.82) is 0 Å². The highest BCUT2D eigenvalue weighted by Gasteiger charge is 2.23. The van der Waals surface area contributed by atoms with E-state index >= 15 is 0 Å². The fourth-order valence-corrected chi connectivity index (χ4v) is 2.69. The molecule has 2 heterocycles. The van der Waals surface area contributed by atoms with Crippen molar-refractivity contribution in [1.82, 2.24) is 9.88 Å². The van der Waals surface area contributed by atoms with Crippen LogP contribution in [0, 0.1) is 0 Å². The van der Waals surface area contributed by atoms with Gasteiger partial charge in [-0.2, -0.15) is 0 Å². The van der Waals surface area contributed by atoms with Gasteiger partial charge in [-0.1, -0.05) is 17.7 Å². The first-order valence-electron chi connectivity index (χ1n) is 6.53. The Labute approximate surface area is 126 Å². The zero-order chi connectivity index (χ0) is 15.0. The van der Waals surface area contributed by atoms with Gasteiger partial charge in [0, 0.05) is 19.3 Å². The van der Waals surface area contributed by atoms with Crippen LogP contribution in [0.15, 0.2) is 30.5 Å². The fraction of sp³-hybridized carbons (Fsp3) is 0.200. The van der Waals surface area contributed by atoms with Gasteiger partial charge in [0.05, 0.1) is 10.6 Å². The first-order valence-corrected chi connectivity index (χ1v) is 6.90. The van der Waals surface area contributed by atoms with Crippen LogP contribution < -0.4 is 0 Å². The van der Waals surface area contributed by atoms with E-state index < -0.39 is 5.97 Å². The number of amides is 1. The van der Waals surface area contributed by atoms with Gasteiger partial charge in [-0.05, 0) is 35.7 Å². The molecular weight excluding hydrogens is 292 g/mol. The first-order chi connectivity index (χ1) is 10.0. The molecule has 0 unspecified atom stereocenters. The highest BCUT2D eigenvalue weighted by Crippen LogP contribution is 2.22. The maximum absolute atomic E-state index is 12.4. The van der Waals surface area contributed by atoms with Crippen molar-refractivity contribution in [3.63, 3.8) is 0 Å². The van der Waals surface area contributed by atoms with Crippen molar-refractivity contribution in [2.24, 2.45) is 0 Å². The second-order valence-corrected chi connectivity index (χ2v) is 5.43. The summed E-state index contributed by atoms with van der Waals surface area (Å²) in [5.41, 5.74) is 2.66. The number of carboxylic acid groups (broad SMARTS) is 1. The van der Waals surface area contributed by atoms with Crippen LogP contribution in [0.25, 0.3) is 0 Å². The van der Waals surface area contributed by atoms with E-state index in [1.807, 2.05) is 6.07 Å². The molecule has 0 fully saturated rings. The molecule has 1 aromatic carbocycles. The lowest BCUT2D eigenvalue weighted by atomic mass is 9.97. The van der Waals surface area contributed by atoms with Crippen LogP contribution in [0.3, 0.4) is 0 Å². The number of aromatic carboxylic acids is 1. The summed E-state index contributed by atoms with van der Waals surface area (Å²) in [5, 5.41) is 9.53. The highest BCUT2D eigenvalue weighted by atomic mass is 35.5. The van der Waals surface area contributed by atoms with E-state index in [1.54, 1.807) is 29.3 Å². The Hall–Kier alpha value is -2.27. The third kappa shape index (κ3) is 2.64. The summed E-state index contributed by atoms with van der Waals surface area (Å²) in [5.74, 6) is -1.09. The zero-order valence-electron chi connectivity index (χ0n) is 11.1.